The fraction of sp³-hybridized carbons (Fsp3) is 0.630. The van der Waals surface area contributed by atoms with Gasteiger partial charge in [-0.1, -0.05) is 18.2 Å². The maximum atomic E-state index is 13.5. The molecule has 2 heterocycles. The maximum absolute atomic E-state index is 13.5. The smallest absolute Gasteiger partial charge is 0.410 e. The molecule has 1 aromatic heterocycles. The molecule has 1 atom stereocenters. The molecule has 1 N–H and O–H groups in total. The molecule has 2 aliphatic rings. The van der Waals surface area contributed by atoms with Crippen LogP contribution in [0.5, 0.6) is 0 Å². The second kappa shape index (κ2) is 11.5. The minimum atomic E-state index is -0.572. The van der Waals surface area contributed by atoms with Gasteiger partial charge in [0.05, 0.1) is 13.2 Å². The molecule has 1 aromatic carbocycles. The van der Waals surface area contributed by atoms with E-state index in [4.69, 9.17) is 14.2 Å². The van der Waals surface area contributed by atoms with Crippen molar-refractivity contribution in [1.82, 2.24) is 19.7 Å². The van der Waals surface area contributed by atoms with Crippen LogP contribution in [0.15, 0.2) is 30.5 Å². The number of amides is 3. The first-order valence-corrected chi connectivity index (χ1v) is 13.0. The lowest BCUT2D eigenvalue weighted by Gasteiger charge is -2.39. The molecule has 1 saturated heterocycles. The molecule has 9 nitrogen and oxygen atoms in total. The molecule has 0 unspecified atom stereocenters. The van der Waals surface area contributed by atoms with Crippen molar-refractivity contribution in [2.45, 2.75) is 77.4 Å². The normalized spacial score (nSPS) is 18.7. The third kappa shape index (κ3) is 6.50. The van der Waals surface area contributed by atoms with Crippen molar-refractivity contribution in [3.63, 3.8) is 0 Å². The number of morpholine rings is 1. The van der Waals surface area contributed by atoms with E-state index >= 15 is 0 Å². The molecular formula is C27H40N4O5. The van der Waals surface area contributed by atoms with Gasteiger partial charge in [0.2, 0.25) is 0 Å². The number of urea groups is 1. The van der Waals surface area contributed by atoms with Gasteiger partial charge < -0.3 is 33.9 Å². The minimum absolute atomic E-state index is 0.160. The highest BCUT2D eigenvalue weighted by Gasteiger charge is 2.33. The Morgan fingerprint density at radius 2 is 2.00 bits per heavy atom. The summed E-state index contributed by atoms with van der Waals surface area (Å²) in [5.74, 6) is 0. The van der Waals surface area contributed by atoms with Crippen molar-refractivity contribution in [1.29, 1.82) is 0 Å². The van der Waals surface area contributed by atoms with Gasteiger partial charge in [0.15, 0.2) is 0 Å². The van der Waals surface area contributed by atoms with Gasteiger partial charge in [-0.3, -0.25) is 0 Å². The largest absolute Gasteiger partial charge is 0.444 e. The summed E-state index contributed by atoms with van der Waals surface area (Å²) in [5.41, 5.74) is 1.73. The molecule has 4 rings (SSSR count). The van der Waals surface area contributed by atoms with Gasteiger partial charge in [-0.15, -0.1) is 0 Å². The molecule has 1 saturated carbocycles. The van der Waals surface area contributed by atoms with Crippen molar-refractivity contribution in [2.24, 2.45) is 0 Å². The number of carbonyl (C=O) groups is 2. The van der Waals surface area contributed by atoms with E-state index in [0.29, 0.717) is 26.3 Å². The molecule has 2 aromatic rings. The first-order valence-electron chi connectivity index (χ1n) is 13.0. The van der Waals surface area contributed by atoms with Crippen LogP contribution in [-0.4, -0.2) is 77.8 Å². The zero-order chi connectivity index (χ0) is 25.7. The molecule has 198 valence electrons. The molecule has 0 bridgehead atoms. The number of hydrogen-bond donors (Lipinski definition) is 1. The quantitative estimate of drug-likeness (QED) is 0.545. The number of hydrogen-bond acceptors (Lipinski definition) is 5. The zero-order valence-corrected chi connectivity index (χ0v) is 22.0. The summed E-state index contributed by atoms with van der Waals surface area (Å²) in [5, 5.41) is 4.19. The number of rotatable bonds is 8. The van der Waals surface area contributed by atoms with Gasteiger partial charge in [0, 0.05) is 56.5 Å². The summed E-state index contributed by atoms with van der Waals surface area (Å²) in [4.78, 5) is 29.5. The van der Waals surface area contributed by atoms with Gasteiger partial charge in [-0.2, -0.15) is 0 Å². The minimum Gasteiger partial charge on any atom is -0.444 e. The number of nitrogens with one attached hydrogen (secondary N) is 1. The Balaban J connectivity index is 1.45. The highest BCUT2D eigenvalue weighted by Crippen LogP contribution is 2.29. The van der Waals surface area contributed by atoms with E-state index in [1.807, 2.05) is 37.8 Å². The lowest BCUT2D eigenvalue weighted by Crippen LogP contribution is -2.57. The summed E-state index contributed by atoms with van der Waals surface area (Å²) < 4.78 is 18.8. The highest BCUT2D eigenvalue weighted by atomic mass is 16.6. The molecule has 1 aliphatic heterocycles. The average Bonchev–Trinajstić information content (AvgIpc) is 3.14. The summed E-state index contributed by atoms with van der Waals surface area (Å²) in [6.07, 6.45) is 5.25. The van der Waals surface area contributed by atoms with Crippen molar-refractivity contribution >= 4 is 23.0 Å². The monoisotopic (exact) mass is 500 g/mol. The van der Waals surface area contributed by atoms with E-state index in [-0.39, 0.29) is 24.7 Å². The molecule has 3 amide bonds. The molecule has 36 heavy (non-hydrogen) atoms. The second-order valence-corrected chi connectivity index (χ2v) is 10.7. The number of benzene rings is 1. The average molecular weight is 501 g/mol. The van der Waals surface area contributed by atoms with E-state index in [2.05, 4.69) is 28.2 Å². The molecule has 0 radical (unpaired) electrons. The van der Waals surface area contributed by atoms with Crippen LogP contribution in [0.1, 0.15) is 52.0 Å². The first-order chi connectivity index (χ1) is 17.2. The van der Waals surface area contributed by atoms with Gasteiger partial charge in [-0.05, 0) is 58.1 Å². The number of nitrogens with zero attached hydrogens (tertiary/aromatic N) is 3. The van der Waals surface area contributed by atoms with Crippen LogP contribution in [0, 0.1) is 0 Å². The summed E-state index contributed by atoms with van der Waals surface area (Å²) in [7, 11) is 1.72. The zero-order valence-electron chi connectivity index (χ0n) is 22.0. The fourth-order valence-corrected chi connectivity index (χ4v) is 4.71. The SMILES string of the molecule is COCCCn1cc(CN(C(=O)N[C@H]2CN(C(=O)OC(C)(C)C)CCO2)C2CCC2)c2ccccc21. The molecule has 1 aliphatic carbocycles. The van der Waals surface area contributed by atoms with Crippen LogP contribution in [0.25, 0.3) is 10.9 Å². The maximum Gasteiger partial charge on any atom is 0.410 e. The Kier molecular flexibility index (Phi) is 8.41. The Hall–Kier alpha value is -2.78. The Bertz CT molecular complexity index is 1040. The van der Waals surface area contributed by atoms with Gasteiger partial charge >= 0.3 is 12.1 Å². The van der Waals surface area contributed by atoms with Crippen LogP contribution in [0.2, 0.25) is 0 Å². The van der Waals surface area contributed by atoms with Crippen LogP contribution in [0.4, 0.5) is 9.59 Å². The third-order valence-corrected chi connectivity index (χ3v) is 6.74. The predicted octanol–water partition coefficient (Wildman–Crippen LogP) is 4.34. The number of fused-ring (bicyclic) bond motifs is 1. The lowest BCUT2D eigenvalue weighted by atomic mass is 9.91. The van der Waals surface area contributed by atoms with E-state index < -0.39 is 11.8 Å². The van der Waals surface area contributed by atoms with Crippen molar-refractivity contribution in [3.05, 3.63) is 36.0 Å². The predicted molar refractivity (Wildman–Crippen MR) is 138 cm³/mol. The molecular weight excluding hydrogens is 460 g/mol. The molecule has 0 spiro atoms. The number of carbonyl (C=O) groups excluding carboxylic acids is 2. The first kappa shape index (κ1) is 26.3. The van der Waals surface area contributed by atoms with Crippen LogP contribution < -0.4 is 5.32 Å². The van der Waals surface area contributed by atoms with E-state index in [0.717, 1.165) is 43.2 Å². The van der Waals surface area contributed by atoms with E-state index in [9.17, 15) is 9.59 Å². The summed E-state index contributed by atoms with van der Waals surface area (Å²) in [6.45, 7) is 8.68. The van der Waals surface area contributed by atoms with Gasteiger partial charge in [0.25, 0.3) is 0 Å². The van der Waals surface area contributed by atoms with Crippen LogP contribution in [0.3, 0.4) is 0 Å². The van der Waals surface area contributed by atoms with Crippen molar-refractivity contribution in [3.8, 4) is 0 Å². The number of aromatic nitrogens is 1. The number of ether oxygens (including phenoxy) is 3. The third-order valence-electron chi connectivity index (χ3n) is 6.74. The number of aryl methyl sites for hydroxylation is 1. The van der Waals surface area contributed by atoms with Crippen LogP contribution >= 0.6 is 0 Å². The number of methoxy groups -OCH3 is 1. The second-order valence-electron chi connectivity index (χ2n) is 10.7. The standard InChI is InChI=1S/C27H40N4O5/c1-27(2,3)36-26(33)30-14-16-35-24(19-30)28-25(32)31(21-9-7-10-21)18-20-17-29(13-8-15-34-4)23-12-6-5-11-22(20)23/h5-6,11-12,17,21,24H,7-10,13-16,18-19H2,1-4H3,(H,28,32)/t24-/m1/s1. The Morgan fingerprint density at radius 3 is 2.69 bits per heavy atom. The molecule has 2 fully saturated rings. The van der Waals surface area contributed by atoms with Gasteiger partial charge in [0.1, 0.15) is 11.8 Å². The van der Waals surface area contributed by atoms with Crippen molar-refractivity contribution < 1.29 is 23.8 Å². The van der Waals surface area contributed by atoms with E-state index in [1.54, 1.807) is 12.0 Å². The topological polar surface area (TPSA) is 85.3 Å². The van der Waals surface area contributed by atoms with Crippen molar-refractivity contribution in [2.75, 3.05) is 33.4 Å². The van der Waals surface area contributed by atoms with Gasteiger partial charge in [-0.25, -0.2) is 9.59 Å². The highest BCUT2D eigenvalue weighted by molar-refractivity contribution is 5.84. The fourth-order valence-electron chi connectivity index (χ4n) is 4.71. The Morgan fingerprint density at radius 1 is 1.22 bits per heavy atom. The summed E-state index contributed by atoms with van der Waals surface area (Å²) in [6, 6.07) is 8.38. The number of para-hydroxylation sites is 1. The Labute approximate surface area is 213 Å². The lowest BCUT2D eigenvalue weighted by molar-refractivity contribution is -0.0517. The molecule has 9 heteroatoms. The van der Waals surface area contributed by atoms with Crippen LogP contribution in [-0.2, 0) is 27.3 Å². The van der Waals surface area contributed by atoms with E-state index in [1.165, 1.54) is 5.52 Å². The summed E-state index contributed by atoms with van der Waals surface area (Å²) >= 11 is 0.